The number of ether oxygens (including phenoxy) is 2. The van der Waals surface area contributed by atoms with Crippen molar-refractivity contribution in [2.24, 2.45) is 5.10 Å². The van der Waals surface area contributed by atoms with E-state index < -0.39 is 0 Å². The summed E-state index contributed by atoms with van der Waals surface area (Å²) in [4.78, 5) is 15.5. The van der Waals surface area contributed by atoms with Crippen LogP contribution in [-0.2, 0) is 4.79 Å². The second-order valence-electron chi connectivity index (χ2n) is 7.96. The van der Waals surface area contributed by atoms with Gasteiger partial charge >= 0.3 is 0 Å². The molecule has 7 heteroatoms. The van der Waals surface area contributed by atoms with Crippen LogP contribution in [0.3, 0.4) is 0 Å². The van der Waals surface area contributed by atoms with Crippen LogP contribution in [0.15, 0.2) is 47.6 Å². The number of amides is 1. The third-order valence-corrected chi connectivity index (χ3v) is 5.93. The lowest BCUT2D eigenvalue weighted by Gasteiger charge is -2.29. The monoisotopic (exact) mass is 425 g/mol. The first-order chi connectivity index (χ1) is 15.1. The number of nitrogens with zero attached hydrogens (tertiary/aromatic N) is 3. The Balaban J connectivity index is 1.66. The number of benzene rings is 2. The molecule has 2 aromatic rings. The quantitative estimate of drug-likeness (QED) is 0.702. The average molecular weight is 426 g/mol. The zero-order valence-corrected chi connectivity index (χ0v) is 18.0. The van der Waals surface area contributed by atoms with Gasteiger partial charge in [-0.2, -0.15) is 5.10 Å². The molecule has 6 nitrogen and oxygen atoms in total. The van der Waals surface area contributed by atoms with Crippen molar-refractivity contribution >= 4 is 11.6 Å². The molecule has 31 heavy (non-hydrogen) atoms. The molecule has 164 valence electrons. The van der Waals surface area contributed by atoms with Crippen molar-refractivity contribution in [2.75, 3.05) is 33.9 Å². The lowest BCUT2D eigenvalue weighted by molar-refractivity contribution is -0.134. The summed E-state index contributed by atoms with van der Waals surface area (Å²) < 4.78 is 24.7. The van der Waals surface area contributed by atoms with E-state index in [4.69, 9.17) is 9.47 Å². The predicted molar refractivity (Wildman–Crippen MR) is 117 cm³/mol. The standard InChI is InChI=1S/C24H28FN3O3/c1-30-19-9-10-20(23(14-19)31-2)22-15-21(17-7-6-8-18(25)13-17)26-28(22)24(29)16-27-11-4-3-5-12-27/h6-10,13-14,22H,3-5,11-12,15-16H2,1-2H3/t22-/m0/s1. The SMILES string of the molecule is COc1ccc([C@@H]2CC(c3cccc(F)c3)=NN2C(=O)CN2CCCCC2)c(OC)c1. The Morgan fingerprint density at radius 2 is 1.90 bits per heavy atom. The zero-order chi connectivity index (χ0) is 21.8. The third-order valence-electron chi connectivity index (χ3n) is 5.93. The minimum absolute atomic E-state index is 0.0591. The molecule has 0 N–H and O–H groups in total. The molecule has 0 unspecified atom stereocenters. The maximum Gasteiger partial charge on any atom is 0.257 e. The number of carbonyl (C=O) groups excluding carboxylic acids is 1. The average Bonchev–Trinajstić information content (AvgIpc) is 3.25. The molecule has 0 radical (unpaired) electrons. The van der Waals surface area contributed by atoms with Crippen molar-refractivity contribution in [2.45, 2.75) is 31.7 Å². The van der Waals surface area contributed by atoms with Crippen molar-refractivity contribution in [3.63, 3.8) is 0 Å². The number of hydrazone groups is 1. The van der Waals surface area contributed by atoms with E-state index >= 15 is 0 Å². The fourth-order valence-electron chi connectivity index (χ4n) is 4.30. The van der Waals surface area contributed by atoms with Gasteiger partial charge in [0.25, 0.3) is 5.91 Å². The van der Waals surface area contributed by atoms with Gasteiger partial charge in [0, 0.05) is 23.6 Å². The molecular formula is C24H28FN3O3. The molecule has 0 aliphatic carbocycles. The van der Waals surface area contributed by atoms with Crippen LogP contribution in [0, 0.1) is 5.82 Å². The maximum absolute atomic E-state index is 13.8. The summed E-state index contributed by atoms with van der Waals surface area (Å²) in [6.45, 7) is 2.18. The molecule has 1 saturated heterocycles. The van der Waals surface area contributed by atoms with Gasteiger partial charge in [0.2, 0.25) is 0 Å². The van der Waals surface area contributed by atoms with Crippen molar-refractivity contribution in [3.05, 3.63) is 59.4 Å². The molecule has 1 atom stereocenters. The van der Waals surface area contributed by atoms with Gasteiger partial charge in [0.05, 0.1) is 32.5 Å². The first-order valence-electron chi connectivity index (χ1n) is 10.7. The Hall–Kier alpha value is -2.93. The Labute approximate surface area is 182 Å². The molecule has 0 spiro atoms. The van der Waals surface area contributed by atoms with Crippen LogP contribution in [0.5, 0.6) is 11.5 Å². The van der Waals surface area contributed by atoms with Crippen molar-refractivity contribution in [1.29, 1.82) is 0 Å². The Morgan fingerprint density at radius 3 is 2.61 bits per heavy atom. The number of hydrogen-bond acceptors (Lipinski definition) is 5. The summed E-state index contributed by atoms with van der Waals surface area (Å²) in [7, 11) is 3.20. The molecule has 0 aromatic heterocycles. The van der Waals surface area contributed by atoms with E-state index in [2.05, 4.69) is 10.0 Å². The van der Waals surface area contributed by atoms with Crippen LogP contribution >= 0.6 is 0 Å². The molecule has 2 heterocycles. The van der Waals surface area contributed by atoms with Gasteiger partial charge in [-0.15, -0.1) is 0 Å². The van der Waals surface area contributed by atoms with Gasteiger partial charge in [-0.1, -0.05) is 18.6 Å². The largest absolute Gasteiger partial charge is 0.497 e. The number of piperidine rings is 1. The number of hydrogen-bond donors (Lipinski definition) is 0. The number of rotatable bonds is 6. The fraction of sp³-hybridized carbons (Fsp3) is 0.417. The highest BCUT2D eigenvalue weighted by Gasteiger charge is 2.35. The first kappa shape index (κ1) is 21.3. The molecule has 4 rings (SSSR count). The lowest BCUT2D eigenvalue weighted by Crippen LogP contribution is -2.40. The molecule has 1 amide bonds. The molecule has 0 saturated carbocycles. The van der Waals surface area contributed by atoms with Gasteiger partial charge in [0.15, 0.2) is 0 Å². The first-order valence-corrected chi connectivity index (χ1v) is 10.7. The van der Waals surface area contributed by atoms with E-state index in [1.165, 1.54) is 18.6 Å². The van der Waals surface area contributed by atoms with Gasteiger partial charge in [-0.05, 0) is 50.2 Å². The predicted octanol–water partition coefficient (Wildman–Crippen LogP) is 4.01. The third kappa shape index (κ3) is 4.71. The van der Waals surface area contributed by atoms with Crippen LogP contribution in [-0.4, -0.2) is 55.4 Å². The molecule has 0 bridgehead atoms. The Morgan fingerprint density at radius 1 is 1.10 bits per heavy atom. The molecule has 2 aliphatic heterocycles. The van der Waals surface area contributed by atoms with Crippen LogP contribution in [0.25, 0.3) is 0 Å². The number of carbonyl (C=O) groups is 1. The Bertz CT molecular complexity index is 972. The van der Waals surface area contributed by atoms with E-state index in [9.17, 15) is 9.18 Å². The van der Waals surface area contributed by atoms with E-state index in [1.807, 2.05) is 24.3 Å². The molecule has 2 aromatic carbocycles. The minimum atomic E-state index is -0.323. The summed E-state index contributed by atoms with van der Waals surface area (Å²) >= 11 is 0. The van der Waals surface area contributed by atoms with Gasteiger partial charge in [-0.3, -0.25) is 9.69 Å². The number of likely N-dealkylation sites (tertiary alicyclic amines) is 1. The molecule has 1 fully saturated rings. The van der Waals surface area contributed by atoms with E-state index in [0.717, 1.165) is 31.5 Å². The van der Waals surface area contributed by atoms with Gasteiger partial charge < -0.3 is 9.47 Å². The summed E-state index contributed by atoms with van der Waals surface area (Å²) in [6, 6.07) is 11.6. The highest BCUT2D eigenvalue weighted by atomic mass is 19.1. The van der Waals surface area contributed by atoms with Crippen molar-refractivity contribution in [1.82, 2.24) is 9.91 Å². The van der Waals surface area contributed by atoms with Crippen LogP contribution in [0.4, 0.5) is 4.39 Å². The van der Waals surface area contributed by atoms with E-state index in [1.54, 1.807) is 25.3 Å². The van der Waals surface area contributed by atoms with Crippen LogP contribution in [0.1, 0.15) is 42.9 Å². The minimum Gasteiger partial charge on any atom is -0.497 e. The van der Waals surface area contributed by atoms with E-state index in [-0.39, 0.29) is 17.8 Å². The fourth-order valence-corrected chi connectivity index (χ4v) is 4.30. The van der Waals surface area contributed by atoms with Crippen molar-refractivity contribution < 1.29 is 18.7 Å². The number of halogens is 1. The summed E-state index contributed by atoms with van der Waals surface area (Å²) in [5.74, 6) is 0.930. The summed E-state index contributed by atoms with van der Waals surface area (Å²) in [5, 5.41) is 6.22. The topological polar surface area (TPSA) is 54.4 Å². The smallest absolute Gasteiger partial charge is 0.257 e. The molecule has 2 aliphatic rings. The van der Waals surface area contributed by atoms with Gasteiger partial charge in [-0.25, -0.2) is 9.40 Å². The Kier molecular flexibility index (Phi) is 6.51. The van der Waals surface area contributed by atoms with Crippen LogP contribution in [0.2, 0.25) is 0 Å². The van der Waals surface area contributed by atoms with Crippen molar-refractivity contribution in [3.8, 4) is 11.5 Å². The highest BCUT2D eigenvalue weighted by Crippen LogP contribution is 2.39. The highest BCUT2D eigenvalue weighted by molar-refractivity contribution is 6.03. The van der Waals surface area contributed by atoms with E-state index in [0.29, 0.717) is 35.7 Å². The molecular weight excluding hydrogens is 397 g/mol. The lowest BCUT2D eigenvalue weighted by atomic mass is 9.97. The number of methoxy groups -OCH3 is 2. The second kappa shape index (κ2) is 9.47. The summed E-state index contributed by atoms with van der Waals surface area (Å²) in [5.41, 5.74) is 2.23. The maximum atomic E-state index is 13.8. The normalized spacial score (nSPS) is 19.3. The zero-order valence-electron chi connectivity index (χ0n) is 18.0. The van der Waals surface area contributed by atoms with Crippen LogP contribution < -0.4 is 9.47 Å². The van der Waals surface area contributed by atoms with Gasteiger partial charge in [0.1, 0.15) is 17.3 Å². The second-order valence-corrected chi connectivity index (χ2v) is 7.96. The summed E-state index contributed by atoms with van der Waals surface area (Å²) in [6.07, 6.45) is 3.92.